The lowest BCUT2D eigenvalue weighted by molar-refractivity contribution is 0.277. The van der Waals surface area contributed by atoms with Crippen LogP contribution >= 0.6 is 24.0 Å². The van der Waals surface area contributed by atoms with Gasteiger partial charge in [-0.25, -0.2) is 9.67 Å². The summed E-state index contributed by atoms with van der Waals surface area (Å²) in [6.45, 7) is 9.09. The molecule has 1 fully saturated rings. The van der Waals surface area contributed by atoms with Crippen LogP contribution in [0.3, 0.4) is 0 Å². The number of aromatic nitrogens is 3. The van der Waals surface area contributed by atoms with Crippen molar-refractivity contribution in [2.45, 2.75) is 32.9 Å². The third-order valence-corrected chi connectivity index (χ3v) is 3.41. The van der Waals surface area contributed by atoms with Gasteiger partial charge in [0.2, 0.25) is 0 Å². The molecular weight excluding hydrogens is 367 g/mol. The highest BCUT2D eigenvalue weighted by molar-refractivity contribution is 14.0. The van der Waals surface area contributed by atoms with Crippen molar-refractivity contribution in [2.24, 2.45) is 16.6 Å². The number of piperidine rings is 1. The Hall–Kier alpha value is -1.12. The van der Waals surface area contributed by atoms with Crippen LogP contribution < -0.4 is 5.73 Å². The topological polar surface area (TPSA) is 72.3 Å². The summed E-state index contributed by atoms with van der Waals surface area (Å²) in [6, 6.07) is 0. The molecule has 0 aromatic carbocycles. The molecule has 1 aliphatic heterocycles. The maximum absolute atomic E-state index is 6.01. The van der Waals surface area contributed by atoms with Crippen molar-refractivity contribution in [3.63, 3.8) is 0 Å². The van der Waals surface area contributed by atoms with Crippen LogP contribution in [0, 0.1) is 5.92 Å². The number of hydrogen-bond acceptors (Lipinski definition) is 3. The van der Waals surface area contributed by atoms with Crippen molar-refractivity contribution in [1.82, 2.24) is 19.9 Å². The molecule has 0 saturated carbocycles. The minimum Gasteiger partial charge on any atom is -0.370 e. The second-order valence-corrected chi connectivity index (χ2v) is 5.06. The minimum atomic E-state index is 0. The van der Waals surface area contributed by atoms with E-state index in [2.05, 4.69) is 33.7 Å². The molecule has 0 atom stereocenters. The largest absolute Gasteiger partial charge is 0.370 e. The van der Waals surface area contributed by atoms with E-state index in [0.717, 1.165) is 24.7 Å². The van der Waals surface area contributed by atoms with Gasteiger partial charge in [-0.05, 0) is 18.8 Å². The Bertz CT molecular complexity index is 447. The van der Waals surface area contributed by atoms with E-state index < -0.39 is 0 Å². The molecular formula is C13H23IN6. The van der Waals surface area contributed by atoms with E-state index in [1.54, 1.807) is 10.8 Å². The Kier molecular flexibility index (Phi) is 6.97. The first-order chi connectivity index (χ1) is 9.19. The molecule has 112 valence electrons. The summed E-state index contributed by atoms with van der Waals surface area (Å²) < 4.78 is 1.73. The van der Waals surface area contributed by atoms with Crippen LogP contribution in [0.2, 0.25) is 0 Å². The highest BCUT2D eigenvalue weighted by Gasteiger charge is 2.16. The summed E-state index contributed by atoms with van der Waals surface area (Å²) in [4.78, 5) is 6.54. The lowest BCUT2D eigenvalue weighted by atomic mass is 10.00. The van der Waals surface area contributed by atoms with Gasteiger partial charge in [-0.2, -0.15) is 0 Å². The third-order valence-electron chi connectivity index (χ3n) is 3.41. The van der Waals surface area contributed by atoms with Crippen LogP contribution in [-0.4, -0.2) is 38.9 Å². The zero-order valence-corrected chi connectivity index (χ0v) is 14.2. The van der Waals surface area contributed by atoms with Gasteiger partial charge in [0, 0.05) is 13.1 Å². The summed E-state index contributed by atoms with van der Waals surface area (Å²) in [6.07, 6.45) is 6.03. The number of aliphatic imine (C=N–C) groups is 1. The number of hydrogen-bond donors (Lipinski definition) is 1. The minimum absolute atomic E-state index is 0. The second-order valence-electron chi connectivity index (χ2n) is 5.06. The smallest absolute Gasteiger partial charge is 0.191 e. The maximum Gasteiger partial charge on any atom is 0.191 e. The quantitative estimate of drug-likeness (QED) is 0.367. The van der Waals surface area contributed by atoms with Crippen LogP contribution in [0.25, 0.3) is 0 Å². The highest BCUT2D eigenvalue weighted by Crippen LogP contribution is 2.15. The predicted octanol–water partition coefficient (Wildman–Crippen LogP) is 1.63. The fourth-order valence-electron chi connectivity index (χ4n) is 2.13. The Morgan fingerprint density at radius 3 is 2.90 bits per heavy atom. The monoisotopic (exact) mass is 390 g/mol. The van der Waals surface area contributed by atoms with Crippen molar-refractivity contribution in [3.05, 3.63) is 24.5 Å². The summed E-state index contributed by atoms with van der Waals surface area (Å²) in [5.74, 6) is 1.41. The lowest BCUT2D eigenvalue weighted by Crippen LogP contribution is -2.42. The molecule has 6 nitrogen and oxygen atoms in total. The molecule has 2 N–H and O–H groups in total. The SMILES string of the molecule is C=CCn1cc(CN=C(N)N2CCC(C)CC2)nn1.I. The average Bonchev–Trinajstić information content (AvgIpc) is 2.85. The van der Waals surface area contributed by atoms with E-state index >= 15 is 0 Å². The number of likely N-dealkylation sites (tertiary alicyclic amines) is 1. The normalized spacial score (nSPS) is 16.9. The average molecular weight is 390 g/mol. The summed E-state index contributed by atoms with van der Waals surface area (Å²) in [5, 5.41) is 8.03. The molecule has 1 saturated heterocycles. The van der Waals surface area contributed by atoms with Gasteiger partial charge in [-0.3, -0.25) is 0 Å². The number of allylic oxidation sites excluding steroid dienone is 1. The van der Waals surface area contributed by atoms with Crippen molar-refractivity contribution in [3.8, 4) is 0 Å². The van der Waals surface area contributed by atoms with Crippen molar-refractivity contribution >= 4 is 29.9 Å². The summed E-state index contributed by atoms with van der Waals surface area (Å²) in [7, 11) is 0. The Balaban J connectivity index is 0.00000200. The molecule has 2 rings (SSSR count). The first kappa shape index (κ1) is 16.9. The zero-order valence-electron chi connectivity index (χ0n) is 11.9. The third kappa shape index (κ3) is 4.77. The Labute approximate surface area is 137 Å². The predicted molar refractivity (Wildman–Crippen MR) is 90.9 cm³/mol. The van der Waals surface area contributed by atoms with Gasteiger partial charge in [-0.1, -0.05) is 18.2 Å². The number of guanidine groups is 1. The number of nitrogens with zero attached hydrogens (tertiary/aromatic N) is 5. The molecule has 7 heteroatoms. The van der Waals surface area contributed by atoms with Crippen molar-refractivity contribution < 1.29 is 0 Å². The van der Waals surface area contributed by atoms with Gasteiger partial charge in [0.15, 0.2) is 5.96 Å². The first-order valence-electron chi connectivity index (χ1n) is 6.74. The van der Waals surface area contributed by atoms with E-state index in [-0.39, 0.29) is 24.0 Å². The Morgan fingerprint density at radius 2 is 2.25 bits per heavy atom. The molecule has 0 radical (unpaired) electrons. The van der Waals surface area contributed by atoms with Crippen LogP contribution in [0.4, 0.5) is 0 Å². The fourth-order valence-corrected chi connectivity index (χ4v) is 2.13. The zero-order chi connectivity index (χ0) is 13.7. The molecule has 0 aliphatic carbocycles. The standard InChI is InChI=1S/C13H22N6.HI/c1-3-6-19-10-12(16-17-19)9-15-13(14)18-7-4-11(2)5-8-18;/h3,10-11H,1,4-9H2,2H3,(H2,14,15);1H. The highest BCUT2D eigenvalue weighted by atomic mass is 127. The van der Waals surface area contributed by atoms with Crippen molar-refractivity contribution in [2.75, 3.05) is 13.1 Å². The molecule has 1 aromatic rings. The van der Waals surface area contributed by atoms with E-state index in [0.29, 0.717) is 19.0 Å². The van der Waals surface area contributed by atoms with Crippen molar-refractivity contribution in [1.29, 1.82) is 0 Å². The second kappa shape index (κ2) is 8.23. The maximum atomic E-state index is 6.01. The summed E-state index contributed by atoms with van der Waals surface area (Å²) >= 11 is 0. The lowest BCUT2D eigenvalue weighted by Gasteiger charge is -2.30. The molecule has 0 unspecified atom stereocenters. The van der Waals surface area contributed by atoms with Gasteiger partial charge >= 0.3 is 0 Å². The Morgan fingerprint density at radius 1 is 1.55 bits per heavy atom. The van der Waals surface area contributed by atoms with Gasteiger partial charge in [0.25, 0.3) is 0 Å². The van der Waals surface area contributed by atoms with Crippen LogP contribution in [-0.2, 0) is 13.1 Å². The molecule has 1 aliphatic rings. The van der Waals surface area contributed by atoms with Crippen LogP contribution in [0.5, 0.6) is 0 Å². The molecule has 2 heterocycles. The van der Waals surface area contributed by atoms with Crippen LogP contribution in [0.1, 0.15) is 25.5 Å². The van der Waals surface area contributed by atoms with E-state index in [1.807, 2.05) is 6.20 Å². The van der Waals surface area contributed by atoms with E-state index in [9.17, 15) is 0 Å². The van der Waals surface area contributed by atoms with Gasteiger partial charge in [-0.15, -0.1) is 35.7 Å². The molecule has 1 aromatic heterocycles. The number of nitrogens with two attached hydrogens (primary N) is 1. The van der Waals surface area contributed by atoms with Crippen LogP contribution in [0.15, 0.2) is 23.8 Å². The number of halogens is 1. The molecule has 0 amide bonds. The first-order valence-corrected chi connectivity index (χ1v) is 6.74. The number of rotatable bonds is 4. The fraction of sp³-hybridized carbons (Fsp3) is 0.615. The molecule has 20 heavy (non-hydrogen) atoms. The van der Waals surface area contributed by atoms with E-state index in [1.165, 1.54) is 12.8 Å². The molecule has 0 bridgehead atoms. The van der Waals surface area contributed by atoms with Gasteiger partial charge in [0.05, 0.1) is 19.3 Å². The molecule has 0 spiro atoms. The van der Waals surface area contributed by atoms with E-state index in [4.69, 9.17) is 5.73 Å². The summed E-state index contributed by atoms with van der Waals surface area (Å²) in [5.41, 5.74) is 6.84. The van der Waals surface area contributed by atoms with Gasteiger partial charge in [0.1, 0.15) is 5.69 Å². The van der Waals surface area contributed by atoms with Gasteiger partial charge < -0.3 is 10.6 Å².